The van der Waals surface area contributed by atoms with Crippen LogP contribution in [0.1, 0.15) is 73.6 Å². The molecule has 1 amide bonds. The first-order chi connectivity index (χ1) is 9.66. The number of amides is 1. The quantitative estimate of drug-likeness (QED) is 0.755. The average Bonchev–Trinajstić information content (AvgIpc) is 2.57. The molecule has 1 saturated heterocycles. The van der Waals surface area contributed by atoms with Crippen LogP contribution >= 0.6 is 0 Å². The van der Waals surface area contributed by atoms with Gasteiger partial charge in [0, 0.05) is 23.5 Å². The molecule has 1 rings (SSSR count). The van der Waals surface area contributed by atoms with Crippen molar-refractivity contribution in [1.82, 2.24) is 10.4 Å². The second-order valence-corrected chi connectivity index (χ2v) is 7.67. The molecule has 2 atom stereocenters. The van der Waals surface area contributed by atoms with Crippen LogP contribution in [-0.4, -0.2) is 33.8 Å². The fourth-order valence-electron chi connectivity index (χ4n) is 3.55. The molecule has 124 valence electrons. The Kier molecular flexibility index (Phi) is 6.23. The van der Waals surface area contributed by atoms with Gasteiger partial charge in [0.25, 0.3) is 0 Å². The molecule has 0 aromatic carbocycles. The molecule has 4 nitrogen and oxygen atoms in total. The number of nitrogens with one attached hydrogen (secondary N) is 1. The van der Waals surface area contributed by atoms with Gasteiger partial charge in [-0.3, -0.25) is 4.79 Å². The van der Waals surface area contributed by atoms with Crippen molar-refractivity contribution in [2.75, 3.05) is 6.54 Å². The molecule has 2 N–H and O–H groups in total. The average molecular weight is 298 g/mol. The van der Waals surface area contributed by atoms with E-state index < -0.39 is 0 Å². The highest BCUT2D eigenvalue weighted by atomic mass is 16.5. The summed E-state index contributed by atoms with van der Waals surface area (Å²) < 4.78 is 0. The summed E-state index contributed by atoms with van der Waals surface area (Å²) in [4.78, 5) is 12.3. The number of carbonyl (C=O) groups excluding carboxylic acids is 1. The van der Waals surface area contributed by atoms with Crippen LogP contribution in [0, 0.1) is 11.8 Å². The lowest BCUT2D eigenvalue weighted by atomic mass is 9.86. The number of carbonyl (C=O) groups is 1. The van der Waals surface area contributed by atoms with E-state index in [9.17, 15) is 10.0 Å². The van der Waals surface area contributed by atoms with Gasteiger partial charge < -0.3 is 10.5 Å². The number of hydroxylamine groups is 2. The molecule has 1 fully saturated rings. The highest BCUT2D eigenvalue weighted by Gasteiger charge is 2.51. The van der Waals surface area contributed by atoms with Gasteiger partial charge in [-0.1, -0.05) is 26.7 Å². The Morgan fingerprint density at radius 3 is 2.38 bits per heavy atom. The van der Waals surface area contributed by atoms with Crippen LogP contribution in [0.4, 0.5) is 0 Å². The third-order valence-corrected chi connectivity index (χ3v) is 5.16. The molecule has 0 bridgehead atoms. The zero-order valence-electron chi connectivity index (χ0n) is 14.7. The molecular formula is C17H34N2O2. The second kappa shape index (κ2) is 7.10. The van der Waals surface area contributed by atoms with E-state index in [-0.39, 0.29) is 28.8 Å². The number of hydrogen-bond acceptors (Lipinski definition) is 3. The predicted molar refractivity (Wildman–Crippen MR) is 86.2 cm³/mol. The molecule has 2 unspecified atom stereocenters. The lowest BCUT2D eigenvalue weighted by molar-refractivity contribution is -0.196. The van der Waals surface area contributed by atoms with Crippen molar-refractivity contribution in [3.63, 3.8) is 0 Å². The molecule has 1 heterocycles. The first kappa shape index (κ1) is 18.4. The van der Waals surface area contributed by atoms with Crippen LogP contribution < -0.4 is 5.32 Å². The van der Waals surface area contributed by atoms with Crippen LogP contribution in [0.2, 0.25) is 0 Å². The van der Waals surface area contributed by atoms with E-state index in [1.54, 1.807) is 0 Å². The largest absolute Gasteiger partial charge is 0.356 e. The number of rotatable bonds is 7. The smallest absolute Gasteiger partial charge is 0.223 e. The third-order valence-electron chi connectivity index (χ3n) is 5.16. The van der Waals surface area contributed by atoms with E-state index in [1.165, 1.54) is 5.06 Å². The first-order valence-electron chi connectivity index (χ1n) is 8.43. The van der Waals surface area contributed by atoms with E-state index in [1.807, 2.05) is 27.7 Å². The summed E-state index contributed by atoms with van der Waals surface area (Å²) in [6.45, 7) is 13.1. The summed E-state index contributed by atoms with van der Waals surface area (Å²) in [6, 6.07) is 0. The molecule has 0 radical (unpaired) electrons. The fourth-order valence-corrected chi connectivity index (χ4v) is 3.55. The molecule has 1 aliphatic rings. The Bertz CT molecular complexity index is 353. The van der Waals surface area contributed by atoms with Gasteiger partial charge in [0.05, 0.1) is 0 Å². The van der Waals surface area contributed by atoms with Crippen molar-refractivity contribution in [2.24, 2.45) is 11.8 Å². The molecule has 0 aromatic rings. The van der Waals surface area contributed by atoms with Gasteiger partial charge in [-0.2, -0.15) is 5.06 Å². The Morgan fingerprint density at radius 1 is 1.33 bits per heavy atom. The Labute approximate surface area is 130 Å². The van der Waals surface area contributed by atoms with Gasteiger partial charge in [-0.05, 0) is 52.9 Å². The maximum absolute atomic E-state index is 12.3. The molecule has 0 saturated carbocycles. The maximum Gasteiger partial charge on any atom is 0.223 e. The van der Waals surface area contributed by atoms with Gasteiger partial charge in [0.2, 0.25) is 5.91 Å². The zero-order valence-corrected chi connectivity index (χ0v) is 14.7. The third kappa shape index (κ3) is 4.19. The molecule has 0 aromatic heterocycles. The molecular weight excluding hydrogens is 264 g/mol. The van der Waals surface area contributed by atoms with Crippen LogP contribution in [0.5, 0.6) is 0 Å². The van der Waals surface area contributed by atoms with Crippen LogP contribution in [0.3, 0.4) is 0 Å². The van der Waals surface area contributed by atoms with E-state index >= 15 is 0 Å². The van der Waals surface area contributed by atoms with Gasteiger partial charge in [0.15, 0.2) is 0 Å². The van der Waals surface area contributed by atoms with Crippen molar-refractivity contribution in [3.8, 4) is 0 Å². The lowest BCUT2D eigenvalue weighted by Crippen LogP contribution is -2.49. The van der Waals surface area contributed by atoms with Crippen molar-refractivity contribution in [1.29, 1.82) is 0 Å². The minimum Gasteiger partial charge on any atom is -0.356 e. The van der Waals surface area contributed by atoms with Crippen molar-refractivity contribution < 1.29 is 10.0 Å². The number of nitrogens with zero attached hydrogens (tertiary/aromatic N) is 1. The van der Waals surface area contributed by atoms with E-state index in [4.69, 9.17) is 0 Å². The van der Waals surface area contributed by atoms with Crippen molar-refractivity contribution >= 4 is 5.91 Å². The standard InChI is InChI=1S/C17H34N2O2/c1-7-9-10-13(8-2)15(20)18-12-14-11-16(3,4)19(21)17(14,5)6/h13-14,21H,7-12H2,1-6H3,(H,18,20). The fraction of sp³-hybridized carbons (Fsp3) is 0.941. The Morgan fingerprint density at radius 2 is 1.95 bits per heavy atom. The molecule has 0 spiro atoms. The van der Waals surface area contributed by atoms with Crippen molar-refractivity contribution in [2.45, 2.75) is 84.7 Å². The van der Waals surface area contributed by atoms with Gasteiger partial charge >= 0.3 is 0 Å². The summed E-state index contributed by atoms with van der Waals surface area (Å²) in [6.07, 6.45) is 5.01. The monoisotopic (exact) mass is 298 g/mol. The lowest BCUT2D eigenvalue weighted by Gasteiger charge is -2.36. The second-order valence-electron chi connectivity index (χ2n) is 7.67. The summed E-state index contributed by atoms with van der Waals surface area (Å²) in [5.74, 6) is 0.578. The predicted octanol–water partition coefficient (Wildman–Crippen LogP) is 3.59. The number of hydrogen-bond donors (Lipinski definition) is 2. The Balaban J connectivity index is 2.56. The van der Waals surface area contributed by atoms with E-state index in [0.717, 1.165) is 32.1 Å². The Hall–Kier alpha value is -0.610. The maximum atomic E-state index is 12.3. The SMILES string of the molecule is CCCCC(CC)C(=O)NCC1CC(C)(C)N(O)C1(C)C. The highest BCUT2D eigenvalue weighted by molar-refractivity contribution is 5.78. The van der Waals surface area contributed by atoms with Crippen LogP contribution in [-0.2, 0) is 4.79 Å². The van der Waals surface area contributed by atoms with E-state index in [2.05, 4.69) is 19.2 Å². The minimum absolute atomic E-state index is 0.132. The van der Waals surface area contributed by atoms with Gasteiger partial charge in [0.1, 0.15) is 0 Å². The van der Waals surface area contributed by atoms with Gasteiger partial charge in [-0.15, -0.1) is 0 Å². The normalized spacial score (nSPS) is 25.8. The summed E-state index contributed by atoms with van der Waals surface area (Å²) in [5.41, 5.74) is -0.535. The van der Waals surface area contributed by atoms with Crippen molar-refractivity contribution in [3.05, 3.63) is 0 Å². The van der Waals surface area contributed by atoms with E-state index in [0.29, 0.717) is 6.54 Å². The molecule has 21 heavy (non-hydrogen) atoms. The summed E-state index contributed by atoms with van der Waals surface area (Å²) in [7, 11) is 0. The molecule has 1 aliphatic heterocycles. The van der Waals surface area contributed by atoms with Gasteiger partial charge in [-0.25, -0.2) is 0 Å². The highest BCUT2D eigenvalue weighted by Crippen LogP contribution is 2.43. The molecule has 4 heteroatoms. The van der Waals surface area contributed by atoms with Crippen LogP contribution in [0.25, 0.3) is 0 Å². The number of unbranched alkanes of at least 4 members (excludes halogenated alkanes) is 1. The minimum atomic E-state index is -0.304. The van der Waals surface area contributed by atoms with Crippen LogP contribution in [0.15, 0.2) is 0 Å². The summed E-state index contributed by atoms with van der Waals surface area (Å²) in [5, 5.41) is 14.9. The summed E-state index contributed by atoms with van der Waals surface area (Å²) >= 11 is 0. The zero-order chi connectivity index (χ0) is 16.3. The first-order valence-corrected chi connectivity index (χ1v) is 8.43. The molecule has 0 aliphatic carbocycles. The topological polar surface area (TPSA) is 52.6 Å².